The first-order chi connectivity index (χ1) is 11.3. The molecule has 1 aliphatic heterocycles. The summed E-state index contributed by atoms with van der Waals surface area (Å²) in [5, 5.41) is 10.8. The van der Waals surface area contributed by atoms with Crippen molar-refractivity contribution in [3.8, 4) is 0 Å². The number of aromatic nitrogens is 3. The van der Waals surface area contributed by atoms with Gasteiger partial charge < -0.3 is 10.2 Å². The number of nitrogens with one attached hydrogen (secondary N) is 2. The van der Waals surface area contributed by atoms with E-state index in [1.54, 1.807) is 18.5 Å². The molecule has 3 heterocycles. The number of pyridine rings is 1. The SMILES string of the molecule is O=C(Nc1ccc2cn[nH]c2c1)c1ccnc(N2CCCC2)c1. The number of anilines is 2. The van der Waals surface area contributed by atoms with E-state index in [1.165, 1.54) is 12.8 Å². The second-order valence-corrected chi connectivity index (χ2v) is 5.72. The van der Waals surface area contributed by atoms with E-state index in [4.69, 9.17) is 0 Å². The molecular formula is C17H17N5O. The van der Waals surface area contributed by atoms with Crippen molar-refractivity contribution < 1.29 is 4.79 Å². The molecule has 2 N–H and O–H groups in total. The highest BCUT2D eigenvalue weighted by Gasteiger charge is 2.15. The van der Waals surface area contributed by atoms with E-state index in [1.807, 2.05) is 24.3 Å². The van der Waals surface area contributed by atoms with Crippen molar-refractivity contribution in [2.24, 2.45) is 0 Å². The van der Waals surface area contributed by atoms with Gasteiger partial charge in [0.15, 0.2) is 0 Å². The molecule has 1 saturated heterocycles. The Morgan fingerprint density at radius 1 is 1.17 bits per heavy atom. The summed E-state index contributed by atoms with van der Waals surface area (Å²) < 4.78 is 0. The summed E-state index contributed by atoms with van der Waals surface area (Å²) in [6.45, 7) is 2.02. The molecule has 6 heteroatoms. The van der Waals surface area contributed by atoms with Crippen molar-refractivity contribution in [2.45, 2.75) is 12.8 Å². The van der Waals surface area contributed by atoms with Crippen LogP contribution >= 0.6 is 0 Å². The fourth-order valence-corrected chi connectivity index (χ4v) is 2.90. The molecule has 1 aromatic carbocycles. The van der Waals surface area contributed by atoms with Crippen molar-refractivity contribution in [1.82, 2.24) is 15.2 Å². The van der Waals surface area contributed by atoms with Gasteiger partial charge in [0.25, 0.3) is 5.91 Å². The van der Waals surface area contributed by atoms with Crippen LogP contribution in [0, 0.1) is 0 Å². The first-order valence-corrected chi connectivity index (χ1v) is 7.75. The average molecular weight is 307 g/mol. The quantitative estimate of drug-likeness (QED) is 0.780. The Balaban J connectivity index is 1.55. The van der Waals surface area contributed by atoms with E-state index in [9.17, 15) is 4.79 Å². The van der Waals surface area contributed by atoms with Crippen LogP contribution in [0.15, 0.2) is 42.7 Å². The van der Waals surface area contributed by atoms with Gasteiger partial charge in [0.1, 0.15) is 5.82 Å². The first kappa shape index (κ1) is 13.8. The van der Waals surface area contributed by atoms with Crippen molar-refractivity contribution in [1.29, 1.82) is 0 Å². The van der Waals surface area contributed by atoms with Crippen molar-refractivity contribution >= 4 is 28.3 Å². The van der Waals surface area contributed by atoms with Crippen LogP contribution in [0.5, 0.6) is 0 Å². The van der Waals surface area contributed by atoms with Gasteiger partial charge in [0.2, 0.25) is 0 Å². The lowest BCUT2D eigenvalue weighted by Crippen LogP contribution is -2.20. The molecule has 23 heavy (non-hydrogen) atoms. The fourth-order valence-electron chi connectivity index (χ4n) is 2.90. The largest absolute Gasteiger partial charge is 0.357 e. The van der Waals surface area contributed by atoms with Crippen molar-refractivity contribution in [3.05, 3.63) is 48.3 Å². The van der Waals surface area contributed by atoms with E-state index in [2.05, 4.69) is 25.4 Å². The minimum absolute atomic E-state index is 0.133. The Morgan fingerprint density at radius 3 is 2.91 bits per heavy atom. The van der Waals surface area contributed by atoms with Crippen LogP contribution in [0.3, 0.4) is 0 Å². The third kappa shape index (κ3) is 2.75. The lowest BCUT2D eigenvalue weighted by Gasteiger charge is -2.16. The molecule has 6 nitrogen and oxygen atoms in total. The van der Waals surface area contributed by atoms with E-state index >= 15 is 0 Å². The van der Waals surface area contributed by atoms with Crippen LogP contribution in [0.2, 0.25) is 0 Å². The van der Waals surface area contributed by atoms with E-state index in [-0.39, 0.29) is 5.91 Å². The van der Waals surface area contributed by atoms with E-state index in [0.29, 0.717) is 5.56 Å². The molecule has 0 unspecified atom stereocenters. The Hall–Kier alpha value is -2.89. The van der Waals surface area contributed by atoms with Gasteiger partial charge in [-0.3, -0.25) is 9.89 Å². The molecular weight excluding hydrogens is 290 g/mol. The van der Waals surface area contributed by atoms with Gasteiger partial charge in [-0.25, -0.2) is 4.98 Å². The van der Waals surface area contributed by atoms with E-state index < -0.39 is 0 Å². The number of fused-ring (bicyclic) bond motifs is 1. The number of carbonyl (C=O) groups excluding carboxylic acids is 1. The monoisotopic (exact) mass is 307 g/mol. The number of H-pyrrole nitrogens is 1. The molecule has 116 valence electrons. The minimum atomic E-state index is -0.133. The third-order valence-electron chi connectivity index (χ3n) is 4.14. The van der Waals surface area contributed by atoms with Gasteiger partial charge in [-0.15, -0.1) is 0 Å². The van der Waals surface area contributed by atoms with Crippen molar-refractivity contribution in [2.75, 3.05) is 23.3 Å². The molecule has 0 saturated carbocycles. The molecule has 1 fully saturated rings. The van der Waals surface area contributed by atoms with Gasteiger partial charge in [0.05, 0.1) is 11.7 Å². The molecule has 4 rings (SSSR count). The van der Waals surface area contributed by atoms with Gasteiger partial charge >= 0.3 is 0 Å². The summed E-state index contributed by atoms with van der Waals surface area (Å²) in [7, 11) is 0. The lowest BCUT2D eigenvalue weighted by molar-refractivity contribution is 0.102. The zero-order valence-corrected chi connectivity index (χ0v) is 12.6. The summed E-state index contributed by atoms with van der Waals surface area (Å²) in [6.07, 6.45) is 5.82. The van der Waals surface area contributed by atoms with Gasteiger partial charge in [-0.05, 0) is 43.2 Å². The van der Waals surface area contributed by atoms with Crippen LogP contribution in [0.25, 0.3) is 10.9 Å². The standard InChI is InChI=1S/C17H17N5O/c23-17(20-14-4-3-13-11-19-21-15(13)10-14)12-5-6-18-16(9-12)22-7-1-2-8-22/h3-6,9-11H,1-2,7-8H2,(H,19,21)(H,20,23). The first-order valence-electron chi connectivity index (χ1n) is 7.75. The molecule has 0 atom stereocenters. The Labute approximate surface area is 133 Å². The zero-order chi connectivity index (χ0) is 15.6. The van der Waals surface area contributed by atoms with E-state index in [0.717, 1.165) is 35.5 Å². The summed E-state index contributed by atoms with van der Waals surface area (Å²) in [5.74, 6) is 0.742. The fraction of sp³-hybridized carbons (Fsp3) is 0.235. The van der Waals surface area contributed by atoms with Crippen LogP contribution in [-0.2, 0) is 0 Å². The molecule has 2 aromatic heterocycles. The van der Waals surface area contributed by atoms with Crippen LogP contribution in [-0.4, -0.2) is 34.2 Å². The molecule has 0 radical (unpaired) electrons. The van der Waals surface area contributed by atoms with Crippen LogP contribution in [0.4, 0.5) is 11.5 Å². The average Bonchev–Trinajstić information content (AvgIpc) is 3.26. The summed E-state index contributed by atoms with van der Waals surface area (Å²) in [6, 6.07) is 9.27. The number of rotatable bonds is 3. The molecule has 0 spiro atoms. The second-order valence-electron chi connectivity index (χ2n) is 5.72. The number of aromatic amines is 1. The second kappa shape index (κ2) is 5.72. The minimum Gasteiger partial charge on any atom is -0.357 e. The topological polar surface area (TPSA) is 73.9 Å². The van der Waals surface area contributed by atoms with Crippen LogP contribution < -0.4 is 10.2 Å². The Kier molecular flexibility index (Phi) is 3.42. The Morgan fingerprint density at radius 2 is 2.04 bits per heavy atom. The van der Waals surface area contributed by atoms with Crippen molar-refractivity contribution in [3.63, 3.8) is 0 Å². The summed E-state index contributed by atoms with van der Waals surface area (Å²) >= 11 is 0. The molecule has 0 aliphatic carbocycles. The van der Waals surface area contributed by atoms with Gasteiger partial charge in [-0.1, -0.05) is 0 Å². The summed E-state index contributed by atoms with van der Waals surface area (Å²) in [4.78, 5) is 19.1. The zero-order valence-electron chi connectivity index (χ0n) is 12.6. The Bertz CT molecular complexity index is 851. The maximum Gasteiger partial charge on any atom is 0.255 e. The normalized spacial score (nSPS) is 14.3. The predicted octanol–water partition coefficient (Wildman–Crippen LogP) is 2.81. The van der Waals surface area contributed by atoms with Gasteiger partial charge in [-0.2, -0.15) is 5.10 Å². The van der Waals surface area contributed by atoms with Gasteiger partial charge in [0, 0.05) is 35.9 Å². The number of hydrogen-bond donors (Lipinski definition) is 2. The number of benzene rings is 1. The predicted molar refractivity (Wildman–Crippen MR) is 89.7 cm³/mol. The number of hydrogen-bond acceptors (Lipinski definition) is 4. The number of nitrogens with zero attached hydrogens (tertiary/aromatic N) is 3. The van der Waals surface area contributed by atoms with Crippen LogP contribution in [0.1, 0.15) is 23.2 Å². The highest BCUT2D eigenvalue weighted by atomic mass is 16.1. The maximum absolute atomic E-state index is 12.5. The molecule has 1 aliphatic rings. The number of carbonyl (C=O) groups is 1. The lowest BCUT2D eigenvalue weighted by atomic mass is 10.2. The highest BCUT2D eigenvalue weighted by Crippen LogP contribution is 2.20. The number of amides is 1. The third-order valence-corrected chi connectivity index (χ3v) is 4.14. The maximum atomic E-state index is 12.5. The molecule has 0 bridgehead atoms. The molecule has 1 amide bonds. The summed E-state index contributed by atoms with van der Waals surface area (Å²) in [5.41, 5.74) is 2.26. The highest BCUT2D eigenvalue weighted by molar-refractivity contribution is 6.05. The smallest absolute Gasteiger partial charge is 0.255 e. The molecule has 3 aromatic rings.